The summed E-state index contributed by atoms with van der Waals surface area (Å²) < 4.78 is 45.0. The van der Waals surface area contributed by atoms with Crippen molar-refractivity contribution < 1.29 is 27.8 Å². The van der Waals surface area contributed by atoms with Crippen LogP contribution in [0.5, 0.6) is 5.75 Å². The van der Waals surface area contributed by atoms with Gasteiger partial charge in [-0.15, -0.1) is 13.2 Å². The van der Waals surface area contributed by atoms with Gasteiger partial charge in [-0.05, 0) is 56.7 Å². The van der Waals surface area contributed by atoms with Crippen molar-refractivity contribution in [1.82, 2.24) is 9.88 Å². The van der Waals surface area contributed by atoms with E-state index < -0.39 is 12.5 Å². The smallest absolute Gasteiger partial charge is 0.405 e. The number of amides is 1. The first kappa shape index (κ1) is 21.7. The maximum Gasteiger partial charge on any atom is 0.573 e. The summed E-state index contributed by atoms with van der Waals surface area (Å²) in [6.07, 6.45) is -0.0184. The van der Waals surface area contributed by atoms with Gasteiger partial charge in [0.2, 0.25) is 0 Å². The molecule has 0 unspecified atom stereocenters. The Bertz CT molecular complexity index is 950. The van der Waals surface area contributed by atoms with Crippen LogP contribution in [0.1, 0.15) is 54.6 Å². The number of nitrogens with one attached hydrogen (secondary N) is 1. The van der Waals surface area contributed by atoms with Crippen LogP contribution in [0.15, 0.2) is 30.3 Å². The van der Waals surface area contributed by atoms with Crippen molar-refractivity contribution in [3.05, 3.63) is 41.6 Å². The highest BCUT2D eigenvalue weighted by molar-refractivity contribution is 5.97. The van der Waals surface area contributed by atoms with Gasteiger partial charge in [0.05, 0.1) is 23.4 Å². The van der Waals surface area contributed by atoms with E-state index in [2.05, 4.69) is 10.1 Å². The summed E-state index contributed by atoms with van der Waals surface area (Å²) >= 11 is 0. The average Bonchev–Trinajstić information content (AvgIpc) is 3.47. The fraction of sp³-hybridized carbons (Fsp3) is 0.522. The van der Waals surface area contributed by atoms with Crippen molar-refractivity contribution in [3.8, 4) is 17.0 Å². The van der Waals surface area contributed by atoms with E-state index >= 15 is 0 Å². The second kappa shape index (κ2) is 8.57. The van der Waals surface area contributed by atoms with E-state index in [-0.39, 0.29) is 17.7 Å². The summed E-state index contributed by atoms with van der Waals surface area (Å²) in [7, 11) is 0. The molecule has 1 aromatic heterocycles. The van der Waals surface area contributed by atoms with Crippen LogP contribution in [0.25, 0.3) is 11.3 Å². The lowest BCUT2D eigenvalue weighted by Crippen LogP contribution is -2.45. The molecule has 2 fully saturated rings. The average molecular weight is 436 g/mol. The number of hydrogen-bond donors (Lipinski definition) is 2. The second-order valence-electron chi connectivity index (χ2n) is 8.56. The van der Waals surface area contributed by atoms with Gasteiger partial charge in [-0.3, -0.25) is 4.79 Å². The first-order valence-electron chi connectivity index (χ1n) is 10.8. The monoisotopic (exact) mass is 436 g/mol. The zero-order valence-electron chi connectivity index (χ0n) is 17.4. The molecule has 31 heavy (non-hydrogen) atoms. The summed E-state index contributed by atoms with van der Waals surface area (Å²) in [5.41, 5.74) is 1.93. The molecule has 2 atom stereocenters. The predicted octanol–water partition coefficient (Wildman–Crippen LogP) is 4.81. The van der Waals surface area contributed by atoms with Crippen LogP contribution in [0, 0.1) is 12.8 Å². The number of aliphatic hydroxyl groups excluding tert-OH is 1. The van der Waals surface area contributed by atoms with Gasteiger partial charge in [-0.2, -0.15) is 0 Å². The van der Waals surface area contributed by atoms with Gasteiger partial charge in [0.25, 0.3) is 5.91 Å². The molecule has 2 saturated carbocycles. The van der Waals surface area contributed by atoms with Crippen molar-refractivity contribution in [3.63, 3.8) is 0 Å². The Morgan fingerprint density at radius 1 is 1.19 bits per heavy atom. The molecule has 2 aliphatic carbocycles. The molecule has 8 heteroatoms. The van der Waals surface area contributed by atoms with Gasteiger partial charge in [-0.25, -0.2) is 0 Å². The standard InChI is InChI=1S/C23H27F3N2O3/c1-14-17(22(30)27-18-7-3-4-8-20(18)29)12-19(28(14)13-15-10-11-15)16-6-2-5-9-21(16)31-23(24,25)26/h2,5-6,9,12,15,18,20,29H,3-4,7-8,10-11,13H2,1H3,(H,27,30)/t18-,20-/m1/s1. The number of carbonyl (C=O) groups is 1. The second-order valence-corrected chi connectivity index (χ2v) is 8.56. The van der Waals surface area contributed by atoms with Gasteiger partial charge in [0, 0.05) is 17.8 Å². The molecule has 4 rings (SSSR count). The maximum atomic E-state index is 13.0. The summed E-state index contributed by atoms with van der Waals surface area (Å²) in [5.74, 6) is -0.149. The lowest BCUT2D eigenvalue weighted by Gasteiger charge is -2.28. The minimum atomic E-state index is -4.81. The van der Waals surface area contributed by atoms with Crippen LogP contribution in [0.2, 0.25) is 0 Å². The van der Waals surface area contributed by atoms with Crippen molar-refractivity contribution in [2.75, 3.05) is 0 Å². The Labute approximate surface area is 179 Å². The number of para-hydroxylation sites is 1. The fourth-order valence-electron chi connectivity index (χ4n) is 4.31. The van der Waals surface area contributed by atoms with Crippen molar-refractivity contribution in [1.29, 1.82) is 0 Å². The molecule has 5 nitrogen and oxygen atoms in total. The number of hydrogen-bond acceptors (Lipinski definition) is 3. The number of ether oxygens (including phenoxy) is 1. The number of halogens is 3. The van der Waals surface area contributed by atoms with E-state index in [0.29, 0.717) is 47.8 Å². The molecule has 0 bridgehead atoms. The van der Waals surface area contributed by atoms with Crippen molar-refractivity contribution in [2.45, 2.75) is 70.5 Å². The first-order valence-corrected chi connectivity index (χ1v) is 10.8. The quantitative estimate of drug-likeness (QED) is 0.684. The van der Waals surface area contributed by atoms with E-state index in [1.54, 1.807) is 18.2 Å². The fourth-order valence-corrected chi connectivity index (χ4v) is 4.31. The number of aliphatic hydroxyl groups is 1. The van der Waals surface area contributed by atoms with E-state index in [9.17, 15) is 23.1 Å². The zero-order chi connectivity index (χ0) is 22.2. The topological polar surface area (TPSA) is 63.5 Å². The molecule has 1 heterocycles. The molecule has 0 radical (unpaired) electrons. The molecule has 0 spiro atoms. The Hall–Kier alpha value is -2.48. The Morgan fingerprint density at radius 2 is 1.90 bits per heavy atom. The van der Waals surface area contributed by atoms with Gasteiger partial charge in [0.1, 0.15) is 5.75 Å². The van der Waals surface area contributed by atoms with E-state index in [1.807, 2.05) is 11.5 Å². The van der Waals surface area contributed by atoms with Gasteiger partial charge in [-0.1, -0.05) is 25.0 Å². The molecule has 2 N–H and O–H groups in total. The first-order chi connectivity index (χ1) is 14.7. The van der Waals surface area contributed by atoms with Crippen LogP contribution in [-0.4, -0.2) is 34.1 Å². The lowest BCUT2D eigenvalue weighted by atomic mass is 9.92. The van der Waals surface area contributed by atoms with Crippen LogP contribution in [-0.2, 0) is 6.54 Å². The predicted molar refractivity (Wildman–Crippen MR) is 110 cm³/mol. The Balaban J connectivity index is 1.69. The molecule has 168 valence electrons. The van der Waals surface area contributed by atoms with E-state index in [4.69, 9.17) is 0 Å². The molecule has 2 aliphatic rings. The van der Waals surface area contributed by atoms with Crippen molar-refractivity contribution >= 4 is 5.91 Å². The Kier molecular flexibility index (Phi) is 6.01. The molecular weight excluding hydrogens is 409 g/mol. The summed E-state index contributed by atoms with van der Waals surface area (Å²) in [4.78, 5) is 13.0. The number of benzene rings is 1. The highest BCUT2D eigenvalue weighted by atomic mass is 19.4. The maximum absolute atomic E-state index is 13.0. The third-order valence-corrected chi connectivity index (χ3v) is 6.18. The van der Waals surface area contributed by atoms with Crippen molar-refractivity contribution in [2.24, 2.45) is 5.92 Å². The van der Waals surface area contributed by atoms with E-state index in [0.717, 1.165) is 25.7 Å². The van der Waals surface area contributed by atoms with Crippen LogP contribution in [0.3, 0.4) is 0 Å². The largest absolute Gasteiger partial charge is 0.573 e. The van der Waals surface area contributed by atoms with Gasteiger partial charge < -0.3 is 19.7 Å². The Morgan fingerprint density at radius 3 is 2.58 bits per heavy atom. The SMILES string of the molecule is Cc1c(C(=O)N[C@@H]2CCCC[C@H]2O)cc(-c2ccccc2OC(F)(F)F)n1CC1CC1. The van der Waals surface area contributed by atoms with Crippen LogP contribution < -0.4 is 10.1 Å². The summed E-state index contributed by atoms with van der Waals surface area (Å²) in [6, 6.07) is 7.33. The zero-order valence-corrected chi connectivity index (χ0v) is 17.4. The molecule has 1 aromatic carbocycles. The minimum absolute atomic E-state index is 0.292. The normalized spacial score (nSPS) is 21.7. The highest BCUT2D eigenvalue weighted by Gasteiger charge is 2.34. The molecule has 2 aromatic rings. The highest BCUT2D eigenvalue weighted by Crippen LogP contribution is 2.39. The van der Waals surface area contributed by atoms with Gasteiger partial charge >= 0.3 is 6.36 Å². The third kappa shape index (κ3) is 5.06. The van der Waals surface area contributed by atoms with Gasteiger partial charge in [0.15, 0.2) is 0 Å². The number of carbonyl (C=O) groups excluding carboxylic acids is 1. The number of nitrogens with zero attached hydrogens (tertiary/aromatic N) is 1. The van der Waals surface area contributed by atoms with Crippen LogP contribution in [0.4, 0.5) is 13.2 Å². The lowest BCUT2D eigenvalue weighted by molar-refractivity contribution is -0.274. The molecule has 0 aliphatic heterocycles. The molecule has 1 amide bonds. The van der Waals surface area contributed by atoms with E-state index in [1.165, 1.54) is 12.1 Å². The van der Waals surface area contributed by atoms with Crippen LogP contribution >= 0.6 is 0 Å². The molecular formula is C23H27F3N2O3. The summed E-state index contributed by atoms with van der Waals surface area (Å²) in [5, 5.41) is 13.1. The summed E-state index contributed by atoms with van der Waals surface area (Å²) in [6.45, 7) is 2.45. The minimum Gasteiger partial charge on any atom is -0.405 e. The molecule has 0 saturated heterocycles. The number of alkyl halides is 3. The number of aromatic nitrogens is 1. The third-order valence-electron chi connectivity index (χ3n) is 6.18. The number of rotatable bonds is 6.